The van der Waals surface area contributed by atoms with Crippen LogP contribution in [0.3, 0.4) is 0 Å². The summed E-state index contributed by atoms with van der Waals surface area (Å²) in [5.74, 6) is 0.717. The van der Waals surface area contributed by atoms with Gasteiger partial charge in [0.25, 0.3) is 0 Å². The number of anilines is 1. The fourth-order valence-corrected chi connectivity index (χ4v) is 5.25. The minimum Gasteiger partial charge on any atom is -0.370 e. The molecule has 5 rings (SSSR count). The van der Waals surface area contributed by atoms with Gasteiger partial charge < -0.3 is 15.2 Å². The number of hydrogen-bond acceptors (Lipinski definition) is 5. The minimum absolute atomic E-state index is 0.148. The van der Waals surface area contributed by atoms with Crippen molar-refractivity contribution >= 4 is 33.3 Å². The highest BCUT2D eigenvalue weighted by molar-refractivity contribution is 5.95. The van der Waals surface area contributed by atoms with Crippen LogP contribution in [0.1, 0.15) is 59.1 Å². The normalized spacial score (nSPS) is 15.2. The van der Waals surface area contributed by atoms with Crippen molar-refractivity contribution in [2.24, 2.45) is 5.41 Å². The molecule has 7 nitrogen and oxygen atoms in total. The van der Waals surface area contributed by atoms with Crippen LogP contribution in [0.5, 0.6) is 0 Å². The molecule has 0 unspecified atom stereocenters. The number of fused-ring (bicyclic) bond motifs is 2. The molecule has 4 aromatic rings. The Labute approximate surface area is 230 Å². The molecule has 0 aliphatic carbocycles. The summed E-state index contributed by atoms with van der Waals surface area (Å²) in [7, 11) is 0. The van der Waals surface area contributed by atoms with E-state index in [2.05, 4.69) is 89.7 Å². The summed E-state index contributed by atoms with van der Waals surface area (Å²) < 4.78 is 0. The molecule has 3 aromatic heterocycles. The van der Waals surface area contributed by atoms with E-state index >= 15 is 0 Å². The number of H-pyrrole nitrogens is 2. The van der Waals surface area contributed by atoms with Gasteiger partial charge in [0, 0.05) is 24.5 Å². The van der Waals surface area contributed by atoms with E-state index in [0.717, 1.165) is 70.1 Å². The van der Waals surface area contributed by atoms with Crippen LogP contribution in [0.15, 0.2) is 73.1 Å². The molecule has 4 heterocycles. The van der Waals surface area contributed by atoms with Gasteiger partial charge >= 0.3 is 0 Å². The number of aromatic nitrogens is 5. The zero-order valence-electron chi connectivity index (χ0n) is 23.6. The van der Waals surface area contributed by atoms with E-state index in [-0.39, 0.29) is 5.41 Å². The summed E-state index contributed by atoms with van der Waals surface area (Å²) in [6, 6.07) is 10.4. The van der Waals surface area contributed by atoms with E-state index in [1.807, 2.05) is 25.1 Å². The molecule has 0 radical (unpaired) electrons. The Morgan fingerprint density at radius 2 is 1.85 bits per heavy atom. The Balaban J connectivity index is 1.48. The van der Waals surface area contributed by atoms with E-state index in [0.29, 0.717) is 5.69 Å². The largest absolute Gasteiger partial charge is 0.370 e. The van der Waals surface area contributed by atoms with Gasteiger partial charge in [0.2, 0.25) is 0 Å². The average Bonchev–Trinajstić information content (AvgIpc) is 3.54. The van der Waals surface area contributed by atoms with Gasteiger partial charge in [0.15, 0.2) is 11.5 Å². The van der Waals surface area contributed by atoms with Gasteiger partial charge in [-0.3, -0.25) is 5.10 Å². The van der Waals surface area contributed by atoms with E-state index < -0.39 is 0 Å². The second-order valence-corrected chi connectivity index (χ2v) is 11.5. The molecule has 39 heavy (non-hydrogen) atoms. The molecule has 1 fully saturated rings. The van der Waals surface area contributed by atoms with Crippen molar-refractivity contribution in [2.75, 3.05) is 18.0 Å². The van der Waals surface area contributed by atoms with Crippen molar-refractivity contribution < 1.29 is 0 Å². The van der Waals surface area contributed by atoms with E-state index in [1.54, 1.807) is 0 Å². The molecular weight excluding hydrogens is 482 g/mol. The molecule has 1 saturated heterocycles. The smallest absolute Gasteiger partial charge is 0.161 e. The first-order chi connectivity index (χ1) is 18.8. The number of nitrogens with zero attached hydrogens (tertiary/aromatic N) is 4. The number of para-hydroxylation sites is 1. The van der Waals surface area contributed by atoms with Gasteiger partial charge in [-0.25, -0.2) is 9.97 Å². The van der Waals surface area contributed by atoms with Crippen LogP contribution in [0.4, 0.5) is 5.69 Å². The number of aromatic amines is 2. The lowest BCUT2D eigenvalue weighted by atomic mass is 9.91. The van der Waals surface area contributed by atoms with Crippen LogP contribution in [-0.4, -0.2) is 38.2 Å². The Kier molecular flexibility index (Phi) is 7.42. The number of piperidine rings is 1. The van der Waals surface area contributed by atoms with E-state index in [9.17, 15) is 0 Å². The average molecular weight is 522 g/mol. The number of hydrogen-bond donors (Lipinski definition) is 3. The zero-order valence-corrected chi connectivity index (χ0v) is 23.6. The predicted octanol–water partition coefficient (Wildman–Crippen LogP) is 7.50. The second kappa shape index (κ2) is 10.9. The van der Waals surface area contributed by atoms with Gasteiger partial charge in [-0.05, 0) is 80.0 Å². The van der Waals surface area contributed by atoms with Gasteiger partial charge in [-0.1, -0.05) is 46.1 Å². The maximum absolute atomic E-state index is 5.03. The van der Waals surface area contributed by atoms with Crippen LogP contribution < -0.4 is 10.2 Å². The number of allylic oxidation sites excluding steroid dienone is 5. The highest BCUT2D eigenvalue weighted by Crippen LogP contribution is 2.32. The van der Waals surface area contributed by atoms with Crippen LogP contribution in [0.25, 0.3) is 39.2 Å². The quantitative estimate of drug-likeness (QED) is 0.209. The van der Waals surface area contributed by atoms with Crippen LogP contribution >= 0.6 is 0 Å². The Morgan fingerprint density at radius 1 is 1.05 bits per heavy atom. The maximum atomic E-state index is 5.03. The topological polar surface area (TPSA) is 85.5 Å². The highest BCUT2D eigenvalue weighted by atomic mass is 15.2. The summed E-state index contributed by atoms with van der Waals surface area (Å²) in [6.45, 7) is 19.0. The number of pyridine rings is 1. The van der Waals surface area contributed by atoms with Crippen LogP contribution in [0, 0.1) is 5.41 Å². The van der Waals surface area contributed by atoms with Crippen molar-refractivity contribution in [3.63, 3.8) is 0 Å². The highest BCUT2D eigenvalue weighted by Gasteiger charge is 2.19. The summed E-state index contributed by atoms with van der Waals surface area (Å²) >= 11 is 0. The molecule has 0 bridgehead atoms. The summed E-state index contributed by atoms with van der Waals surface area (Å²) in [6.07, 6.45) is 10.5. The molecule has 7 heteroatoms. The van der Waals surface area contributed by atoms with E-state index in [1.165, 1.54) is 24.9 Å². The van der Waals surface area contributed by atoms with Crippen LogP contribution in [0.2, 0.25) is 0 Å². The summed E-state index contributed by atoms with van der Waals surface area (Å²) in [5, 5.41) is 11.2. The van der Waals surface area contributed by atoms with Gasteiger partial charge in [-0.15, -0.1) is 0 Å². The fourth-order valence-electron chi connectivity index (χ4n) is 5.25. The first-order valence-corrected chi connectivity index (χ1v) is 13.8. The molecule has 1 aromatic carbocycles. The second-order valence-electron chi connectivity index (χ2n) is 11.5. The first-order valence-electron chi connectivity index (χ1n) is 13.8. The lowest BCUT2D eigenvalue weighted by Gasteiger charge is -2.28. The standard InChI is InChI=1S/C32H39N7/c1-7-22(19-23(8-2)33-21(3)20-32(4,5)6)24-15-16-26-29(34-24)30(38-37-26)31-35-25-13-12-14-27(28(25)36-31)39-17-10-9-11-18-39/h7-8,12-16,19,33H,2-3,9-11,17-18,20H2,1,4-6H3,(H,35,36)(H,37,38)/b22-7+,23-19+. The van der Waals surface area contributed by atoms with Crippen LogP contribution in [-0.2, 0) is 0 Å². The molecule has 0 spiro atoms. The Hall–Kier alpha value is -4.13. The molecule has 1 aliphatic heterocycles. The Morgan fingerprint density at radius 3 is 2.56 bits per heavy atom. The van der Waals surface area contributed by atoms with Crippen molar-refractivity contribution in [1.82, 2.24) is 30.5 Å². The summed E-state index contributed by atoms with van der Waals surface area (Å²) in [5.41, 5.74) is 9.35. The monoisotopic (exact) mass is 521 g/mol. The molecule has 0 amide bonds. The lowest BCUT2D eigenvalue weighted by molar-refractivity contribution is 0.403. The molecule has 3 N–H and O–H groups in total. The Bertz CT molecular complexity index is 1570. The molecule has 0 saturated carbocycles. The van der Waals surface area contributed by atoms with E-state index in [4.69, 9.17) is 9.97 Å². The van der Waals surface area contributed by atoms with Crippen molar-refractivity contribution in [1.29, 1.82) is 0 Å². The molecular formula is C32H39N7. The van der Waals surface area contributed by atoms with Crippen molar-refractivity contribution in [2.45, 2.75) is 53.4 Å². The lowest BCUT2D eigenvalue weighted by Crippen LogP contribution is -2.29. The molecule has 0 atom stereocenters. The van der Waals surface area contributed by atoms with Crippen molar-refractivity contribution in [3.05, 3.63) is 78.8 Å². The van der Waals surface area contributed by atoms with Gasteiger partial charge in [0.05, 0.1) is 22.4 Å². The third-order valence-electron chi connectivity index (χ3n) is 7.02. The third-order valence-corrected chi connectivity index (χ3v) is 7.02. The number of rotatable bonds is 8. The van der Waals surface area contributed by atoms with Gasteiger partial charge in [0.1, 0.15) is 11.0 Å². The van der Waals surface area contributed by atoms with Crippen molar-refractivity contribution in [3.8, 4) is 11.5 Å². The number of nitrogens with one attached hydrogen (secondary N) is 3. The molecule has 1 aliphatic rings. The number of imidazole rings is 1. The fraction of sp³-hybridized carbons (Fsp3) is 0.344. The number of benzene rings is 1. The first kappa shape index (κ1) is 26.5. The zero-order chi connectivity index (χ0) is 27.6. The van der Waals surface area contributed by atoms with Gasteiger partial charge in [-0.2, -0.15) is 5.10 Å². The minimum atomic E-state index is 0.148. The molecule has 202 valence electrons. The SMILES string of the molecule is C=C/C(=C\C(=C/C)c1ccc2[nH]nc(-c3nc4c(N5CCCCC5)cccc4[nH]3)c2n1)NC(=C)CC(C)(C)C. The predicted molar refractivity (Wildman–Crippen MR) is 163 cm³/mol. The maximum Gasteiger partial charge on any atom is 0.161 e. The third kappa shape index (κ3) is 5.82. The summed E-state index contributed by atoms with van der Waals surface area (Å²) in [4.78, 5) is 16.0.